The normalized spacial score (nSPS) is 19.8. The van der Waals surface area contributed by atoms with Crippen LogP contribution in [0.25, 0.3) is 0 Å². The van der Waals surface area contributed by atoms with E-state index in [4.69, 9.17) is 4.99 Å². The number of hydrogen-bond acceptors (Lipinski definition) is 4. The van der Waals surface area contributed by atoms with Gasteiger partial charge in [0.05, 0.1) is 5.56 Å². The zero-order valence-electron chi connectivity index (χ0n) is 17.2. The van der Waals surface area contributed by atoms with Gasteiger partial charge in [0.25, 0.3) is 0 Å². The van der Waals surface area contributed by atoms with E-state index in [2.05, 4.69) is 56.0 Å². The van der Waals surface area contributed by atoms with E-state index < -0.39 is 0 Å². The molecule has 1 aromatic carbocycles. The average molecular weight is 392 g/mol. The average Bonchev–Trinajstić information content (AvgIpc) is 3.33. The van der Waals surface area contributed by atoms with E-state index >= 15 is 0 Å². The molecule has 1 atom stereocenters. The van der Waals surface area contributed by atoms with Gasteiger partial charge >= 0.3 is 0 Å². The highest BCUT2D eigenvalue weighted by atomic mass is 32.1. The number of fused-ring (bicyclic) bond motifs is 1. The molecule has 2 aromatic rings. The summed E-state index contributed by atoms with van der Waals surface area (Å²) >= 11 is 1.72. The molecular formula is C24H29N3S. The summed E-state index contributed by atoms with van der Waals surface area (Å²) in [5.74, 6) is 0.681. The third kappa shape index (κ3) is 3.86. The van der Waals surface area contributed by atoms with Crippen LogP contribution in [0, 0.1) is 22.7 Å². The summed E-state index contributed by atoms with van der Waals surface area (Å²) in [6.07, 6.45) is 7.75. The van der Waals surface area contributed by atoms with Gasteiger partial charge in [-0.05, 0) is 66.7 Å². The van der Waals surface area contributed by atoms with Gasteiger partial charge in [-0.1, -0.05) is 32.9 Å². The summed E-state index contributed by atoms with van der Waals surface area (Å²) < 4.78 is 0. The lowest BCUT2D eigenvalue weighted by atomic mass is 9.72. The van der Waals surface area contributed by atoms with Crippen molar-refractivity contribution in [3.8, 4) is 6.07 Å². The minimum atomic E-state index is 0.314. The molecule has 0 amide bonds. The largest absolute Gasteiger partial charge is 0.372 e. The predicted molar refractivity (Wildman–Crippen MR) is 119 cm³/mol. The molecule has 0 radical (unpaired) electrons. The molecule has 1 aliphatic carbocycles. The smallest absolute Gasteiger partial charge is 0.134 e. The molecule has 1 saturated heterocycles. The Morgan fingerprint density at radius 1 is 1.18 bits per heavy atom. The van der Waals surface area contributed by atoms with E-state index in [1.807, 2.05) is 6.21 Å². The summed E-state index contributed by atoms with van der Waals surface area (Å²) in [5.41, 5.74) is 4.76. The predicted octanol–water partition coefficient (Wildman–Crippen LogP) is 6.12. The minimum Gasteiger partial charge on any atom is -0.372 e. The Kier molecular flexibility index (Phi) is 5.29. The molecule has 1 fully saturated rings. The van der Waals surface area contributed by atoms with E-state index in [0.29, 0.717) is 11.3 Å². The molecule has 2 heterocycles. The summed E-state index contributed by atoms with van der Waals surface area (Å²) in [4.78, 5) is 8.54. The van der Waals surface area contributed by atoms with Gasteiger partial charge in [-0.3, -0.25) is 0 Å². The number of aliphatic imine (C=N–C) groups is 1. The molecular weight excluding hydrogens is 362 g/mol. The van der Waals surface area contributed by atoms with Crippen molar-refractivity contribution in [2.24, 2.45) is 16.3 Å². The first kappa shape index (κ1) is 19.2. The van der Waals surface area contributed by atoms with E-state index in [9.17, 15) is 5.26 Å². The molecule has 4 heteroatoms. The van der Waals surface area contributed by atoms with Crippen molar-refractivity contribution in [2.75, 3.05) is 18.0 Å². The van der Waals surface area contributed by atoms with Crippen molar-refractivity contribution in [3.05, 3.63) is 45.8 Å². The lowest BCUT2D eigenvalue weighted by Gasteiger charge is -2.33. The van der Waals surface area contributed by atoms with Gasteiger partial charge < -0.3 is 4.90 Å². The van der Waals surface area contributed by atoms with Crippen LogP contribution in [-0.2, 0) is 12.8 Å². The van der Waals surface area contributed by atoms with E-state index in [0.717, 1.165) is 42.1 Å². The molecule has 2 aliphatic rings. The first-order chi connectivity index (χ1) is 13.5. The highest BCUT2D eigenvalue weighted by Gasteiger charge is 2.32. The van der Waals surface area contributed by atoms with Gasteiger partial charge in [-0.15, -0.1) is 11.3 Å². The van der Waals surface area contributed by atoms with Gasteiger partial charge in [0, 0.05) is 29.9 Å². The maximum Gasteiger partial charge on any atom is 0.134 e. The van der Waals surface area contributed by atoms with Gasteiger partial charge in [0.15, 0.2) is 0 Å². The topological polar surface area (TPSA) is 39.4 Å². The van der Waals surface area contributed by atoms with Crippen LogP contribution in [-0.4, -0.2) is 19.3 Å². The molecule has 0 bridgehead atoms. The zero-order chi connectivity index (χ0) is 19.7. The van der Waals surface area contributed by atoms with Gasteiger partial charge in [-0.25, -0.2) is 4.99 Å². The van der Waals surface area contributed by atoms with Gasteiger partial charge in [-0.2, -0.15) is 5.26 Å². The Morgan fingerprint density at radius 3 is 2.54 bits per heavy atom. The fraction of sp³-hybridized carbons (Fsp3) is 0.500. The van der Waals surface area contributed by atoms with Crippen LogP contribution in [0.1, 0.15) is 61.6 Å². The van der Waals surface area contributed by atoms with Crippen LogP contribution in [0.15, 0.2) is 29.3 Å². The van der Waals surface area contributed by atoms with Crippen LogP contribution in [0.5, 0.6) is 0 Å². The fourth-order valence-corrected chi connectivity index (χ4v) is 5.62. The number of nitrogens with zero attached hydrogens (tertiary/aromatic N) is 3. The molecule has 146 valence electrons. The highest BCUT2D eigenvalue weighted by molar-refractivity contribution is 7.16. The second-order valence-corrected chi connectivity index (χ2v) is 10.2. The zero-order valence-corrected chi connectivity index (χ0v) is 18.0. The lowest BCUT2D eigenvalue weighted by molar-refractivity contribution is 0.218. The number of hydrogen-bond donors (Lipinski definition) is 0. The maximum atomic E-state index is 9.72. The molecule has 0 N–H and O–H groups in total. The molecule has 3 nitrogen and oxygen atoms in total. The fourth-order valence-electron chi connectivity index (χ4n) is 4.40. The Bertz CT molecular complexity index is 903. The van der Waals surface area contributed by atoms with E-state index in [-0.39, 0.29) is 0 Å². The number of rotatable bonds is 3. The first-order valence-electron chi connectivity index (χ1n) is 10.4. The third-order valence-electron chi connectivity index (χ3n) is 6.28. The second kappa shape index (κ2) is 7.72. The van der Waals surface area contributed by atoms with Crippen LogP contribution >= 0.6 is 11.3 Å². The number of nitriles is 1. The number of thiophene rings is 1. The molecule has 0 spiro atoms. The molecule has 1 aliphatic heterocycles. The Balaban J connectivity index is 1.53. The van der Waals surface area contributed by atoms with Crippen molar-refractivity contribution >= 4 is 28.2 Å². The lowest BCUT2D eigenvalue weighted by Crippen LogP contribution is -2.26. The Morgan fingerprint density at radius 2 is 1.89 bits per heavy atom. The Hall–Kier alpha value is -2.12. The summed E-state index contributed by atoms with van der Waals surface area (Å²) in [5, 5.41) is 10.6. The summed E-state index contributed by atoms with van der Waals surface area (Å²) in [6, 6.07) is 11.1. The molecule has 4 rings (SSSR count). The maximum absolute atomic E-state index is 9.72. The molecule has 28 heavy (non-hydrogen) atoms. The molecule has 0 unspecified atom stereocenters. The van der Waals surface area contributed by atoms with Crippen LogP contribution < -0.4 is 4.90 Å². The standard InChI is InChI=1S/C24H29N3S/c1-24(2,3)18-8-11-20-21(15-25)23(28-22(20)14-18)26-16-17-6-9-19(10-7-17)27-12-4-5-13-27/h6-7,9-10,16,18H,4-5,8,11-14H2,1-3H3/t18-/m1/s1. The van der Waals surface area contributed by atoms with Crippen LogP contribution in [0.2, 0.25) is 0 Å². The van der Waals surface area contributed by atoms with Crippen LogP contribution in [0.4, 0.5) is 10.7 Å². The molecule has 1 aromatic heterocycles. The van der Waals surface area contributed by atoms with Crippen molar-refractivity contribution < 1.29 is 0 Å². The minimum absolute atomic E-state index is 0.314. The SMILES string of the molecule is CC(C)(C)[C@@H]1CCc2c(sc(N=Cc3ccc(N4CCCC4)cc3)c2C#N)C1. The number of benzene rings is 1. The second-order valence-electron chi connectivity index (χ2n) is 9.15. The highest BCUT2D eigenvalue weighted by Crippen LogP contribution is 2.44. The van der Waals surface area contributed by atoms with Crippen molar-refractivity contribution in [3.63, 3.8) is 0 Å². The van der Waals surface area contributed by atoms with Crippen molar-refractivity contribution in [1.82, 2.24) is 0 Å². The third-order valence-corrected chi connectivity index (χ3v) is 7.44. The van der Waals surface area contributed by atoms with Crippen molar-refractivity contribution in [1.29, 1.82) is 5.26 Å². The summed E-state index contributed by atoms with van der Waals surface area (Å²) in [6.45, 7) is 9.30. The van der Waals surface area contributed by atoms with E-state index in [1.165, 1.54) is 35.4 Å². The molecule has 0 saturated carbocycles. The Labute approximate surface area is 172 Å². The van der Waals surface area contributed by atoms with E-state index in [1.54, 1.807) is 11.3 Å². The quantitative estimate of drug-likeness (QED) is 0.591. The first-order valence-corrected chi connectivity index (χ1v) is 11.2. The van der Waals surface area contributed by atoms with Crippen LogP contribution in [0.3, 0.4) is 0 Å². The number of anilines is 1. The van der Waals surface area contributed by atoms with Crippen molar-refractivity contribution in [2.45, 2.75) is 52.9 Å². The van der Waals surface area contributed by atoms with Gasteiger partial charge in [0.1, 0.15) is 11.1 Å². The van der Waals surface area contributed by atoms with Gasteiger partial charge in [0.2, 0.25) is 0 Å². The monoisotopic (exact) mass is 391 g/mol. The summed E-state index contributed by atoms with van der Waals surface area (Å²) in [7, 11) is 0.